The van der Waals surface area contributed by atoms with Crippen LogP contribution in [0.3, 0.4) is 0 Å². The zero-order chi connectivity index (χ0) is 8.53. The predicted octanol–water partition coefficient (Wildman–Crippen LogP) is 2.28. The SMILES string of the molecule is CCCOP(C)OCCC#N. The van der Waals surface area contributed by atoms with Crippen molar-refractivity contribution in [2.75, 3.05) is 19.9 Å². The smallest absolute Gasteiger partial charge is 0.167 e. The minimum Gasteiger partial charge on any atom is -0.334 e. The van der Waals surface area contributed by atoms with Gasteiger partial charge in [-0.15, -0.1) is 0 Å². The molecule has 0 saturated heterocycles. The van der Waals surface area contributed by atoms with Crippen LogP contribution in [0.1, 0.15) is 19.8 Å². The van der Waals surface area contributed by atoms with Gasteiger partial charge in [-0.3, -0.25) is 0 Å². The predicted molar refractivity (Wildman–Crippen MR) is 45.3 cm³/mol. The topological polar surface area (TPSA) is 42.2 Å². The van der Waals surface area contributed by atoms with E-state index in [1.54, 1.807) is 0 Å². The molecule has 11 heavy (non-hydrogen) atoms. The van der Waals surface area contributed by atoms with Crippen molar-refractivity contribution < 1.29 is 9.05 Å². The average Bonchev–Trinajstić information content (AvgIpc) is 2.01. The van der Waals surface area contributed by atoms with Crippen LogP contribution >= 0.6 is 8.38 Å². The highest BCUT2D eigenvalue weighted by molar-refractivity contribution is 7.46. The maximum atomic E-state index is 8.19. The molecular weight excluding hydrogens is 161 g/mol. The second-order valence-corrected chi connectivity index (χ2v) is 3.41. The van der Waals surface area contributed by atoms with Crippen LogP contribution in [0.2, 0.25) is 0 Å². The van der Waals surface area contributed by atoms with Crippen LogP contribution in [-0.4, -0.2) is 19.9 Å². The van der Waals surface area contributed by atoms with Gasteiger partial charge in [-0.1, -0.05) is 6.92 Å². The molecule has 0 aromatic rings. The molecule has 3 nitrogen and oxygen atoms in total. The Bertz CT molecular complexity index is 124. The van der Waals surface area contributed by atoms with E-state index in [0.717, 1.165) is 13.0 Å². The third-order valence-corrected chi connectivity index (χ3v) is 2.06. The van der Waals surface area contributed by atoms with Crippen molar-refractivity contribution in [2.45, 2.75) is 19.8 Å². The molecular formula is C7H14NO2P. The highest BCUT2D eigenvalue weighted by atomic mass is 31.2. The van der Waals surface area contributed by atoms with Crippen LogP contribution in [0.25, 0.3) is 0 Å². The van der Waals surface area contributed by atoms with Crippen molar-refractivity contribution in [3.63, 3.8) is 0 Å². The van der Waals surface area contributed by atoms with Gasteiger partial charge in [0, 0.05) is 6.66 Å². The molecule has 0 aliphatic rings. The summed E-state index contributed by atoms with van der Waals surface area (Å²) in [6, 6.07) is 2.01. The second-order valence-electron chi connectivity index (χ2n) is 2.01. The molecule has 0 fully saturated rings. The lowest BCUT2D eigenvalue weighted by Crippen LogP contribution is -1.92. The van der Waals surface area contributed by atoms with Crippen molar-refractivity contribution in [1.82, 2.24) is 0 Å². The van der Waals surface area contributed by atoms with Gasteiger partial charge in [-0.2, -0.15) is 5.26 Å². The summed E-state index contributed by atoms with van der Waals surface area (Å²) in [5, 5.41) is 8.19. The number of hydrogen-bond acceptors (Lipinski definition) is 3. The molecule has 0 spiro atoms. The van der Waals surface area contributed by atoms with Crippen LogP contribution in [0.4, 0.5) is 0 Å². The maximum Gasteiger partial charge on any atom is 0.167 e. The van der Waals surface area contributed by atoms with Crippen molar-refractivity contribution >= 4 is 8.38 Å². The first-order chi connectivity index (χ1) is 5.31. The molecule has 0 aliphatic carbocycles. The molecule has 0 amide bonds. The third kappa shape index (κ3) is 7.74. The molecule has 64 valence electrons. The number of nitriles is 1. The summed E-state index contributed by atoms with van der Waals surface area (Å²) in [5.74, 6) is 0. The van der Waals surface area contributed by atoms with Gasteiger partial charge in [0.25, 0.3) is 0 Å². The number of nitrogens with zero attached hydrogens (tertiary/aromatic N) is 1. The van der Waals surface area contributed by atoms with Crippen LogP contribution in [-0.2, 0) is 9.05 Å². The molecule has 0 saturated carbocycles. The monoisotopic (exact) mass is 175 g/mol. The Hall–Kier alpha value is -0.160. The molecule has 1 unspecified atom stereocenters. The fourth-order valence-electron chi connectivity index (χ4n) is 0.477. The van der Waals surface area contributed by atoms with Gasteiger partial charge in [0.15, 0.2) is 8.38 Å². The quantitative estimate of drug-likeness (QED) is 0.459. The molecule has 0 bridgehead atoms. The van der Waals surface area contributed by atoms with Crippen LogP contribution in [0, 0.1) is 11.3 Å². The molecule has 0 radical (unpaired) electrons. The van der Waals surface area contributed by atoms with E-state index in [2.05, 4.69) is 6.92 Å². The Balaban J connectivity index is 3.10. The van der Waals surface area contributed by atoms with Gasteiger partial charge in [0.2, 0.25) is 0 Å². The molecule has 0 aromatic carbocycles. The van der Waals surface area contributed by atoms with E-state index in [1.165, 1.54) is 0 Å². The Morgan fingerprint density at radius 2 is 2.00 bits per heavy atom. The van der Waals surface area contributed by atoms with E-state index < -0.39 is 8.38 Å². The standard InChI is InChI=1S/C7H14NO2P/c1-3-6-9-11(2)10-7-4-5-8/h3-4,6-7H2,1-2H3. The Morgan fingerprint density at radius 1 is 1.36 bits per heavy atom. The Labute approximate surface area is 69.2 Å². The van der Waals surface area contributed by atoms with Crippen LogP contribution < -0.4 is 0 Å². The Morgan fingerprint density at radius 3 is 2.55 bits per heavy atom. The van der Waals surface area contributed by atoms with E-state index in [0.29, 0.717) is 13.0 Å². The minimum atomic E-state index is -0.749. The fraction of sp³-hybridized carbons (Fsp3) is 0.857. The molecule has 0 aliphatic heterocycles. The van der Waals surface area contributed by atoms with E-state index in [4.69, 9.17) is 14.3 Å². The number of rotatable bonds is 6. The van der Waals surface area contributed by atoms with Crippen molar-refractivity contribution in [3.05, 3.63) is 0 Å². The molecule has 0 rings (SSSR count). The van der Waals surface area contributed by atoms with Gasteiger partial charge >= 0.3 is 0 Å². The van der Waals surface area contributed by atoms with Gasteiger partial charge in [-0.25, -0.2) is 0 Å². The minimum absolute atomic E-state index is 0.447. The van der Waals surface area contributed by atoms with Crippen molar-refractivity contribution in [3.8, 4) is 6.07 Å². The van der Waals surface area contributed by atoms with Crippen molar-refractivity contribution in [2.24, 2.45) is 0 Å². The third-order valence-electron chi connectivity index (χ3n) is 0.964. The lowest BCUT2D eigenvalue weighted by atomic mass is 10.5. The highest BCUT2D eigenvalue weighted by Gasteiger charge is 2.00. The summed E-state index contributed by atoms with van der Waals surface area (Å²) in [7, 11) is -0.749. The van der Waals surface area contributed by atoms with Gasteiger partial charge in [0.1, 0.15) is 0 Å². The highest BCUT2D eigenvalue weighted by Crippen LogP contribution is 2.33. The maximum absolute atomic E-state index is 8.19. The van der Waals surface area contributed by atoms with Gasteiger partial charge < -0.3 is 9.05 Å². The average molecular weight is 175 g/mol. The second kappa shape index (κ2) is 7.94. The Kier molecular flexibility index (Phi) is 7.83. The first kappa shape index (κ1) is 10.8. The van der Waals surface area contributed by atoms with Gasteiger partial charge in [0.05, 0.1) is 25.7 Å². The first-order valence-corrected chi connectivity index (χ1v) is 5.30. The zero-order valence-corrected chi connectivity index (χ0v) is 7.93. The van der Waals surface area contributed by atoms with Crippen LogP contribution in [0.15, 0.2) is 0 Å². The summed E-state index contributed by atoms with van der Waals surface area (Å²) in [4.78, 5) is 0. The van der Waals surface area contributed by atoms with Crippen LogP contribution in [0.5, 0.6) is 0 Å². The molecule has 1 atom stereocenters. The summed E-state index contributed by atoms with van der Waals surface area (Å²) in [6.07, 6.45) is 1.45. The first-order valence-electron chi connectivity index (χ1n) is 3.67. The van der Waals surface area contributed by atoms with E-state index in [9.17, 15) is 0 Å². The molecule has 0 heterocycles. The summed E-state index contributed by atoms with van der Waals surface area (Å²) in [5.41, 5.74) is 0. The van der Waals surface area contributed by atoms with Crippen molar-refractivity contribution in [1.29, 1.82) is 5.26 Å². The zero-order valence-electron chi connectivity index (χ0n) is 7.04. The fourth-order valence-corrected chi connectivity index (χ4v) is 1.34. The summed E-state index contributed by atoms with van der Waals surface area (Å²) in [6.45, 7) is 5.19. The number of hydrogen-bond donors (Lipinski definition) is 0. The van der Waals surface area contributed by atoms with E-state index in [-0.39, 0.29) is 0 Å². The lowest BCUT2D eigenvalue weighted by Gasteiger charge is -2.10. The molecule has 0 N–H and O–H groups in total. The molecule has 0 aromatic heterocycles. The normalized spacial score (nSPS) is 12.5. The van der Waals surface area contributed by atoms with Gasteiger partial charge in [-0.05, 0) is 6.42 Å². The van der Waals surface area contributed by atoms with E-state index in [1.807, 2.05) is 12.7 Å². The lowest BCUT2D eigenvalue weighted by molar-refractivity contribution is 0.257. The largest absolute Gasteiger partial charge is 0.334 e. The van der Waals surface area contributed by atoms with E-state index >= 15 is 0 Å². The summed E-state index contributed by atoms with van der Waals surface area (Å²) >= 11 is 0. The summed E-state index contributed by atoms with van der Waals surface area (Å²) < 4.78 is 10.5. The molecule has 4 heteroatoms.